The minimum Gasteiger partial charge on any atom is -0.295 e. The monoisotopic (exact) mass is 238 g/mol. The van der Waals surface area contributed by atoms with Crippen molar-refractivity contribution in [3.05, 3.63) is 30.1 Å². The van der Waals surface area contributed by atoms with Crippen molar-refractivity contribution in [1.29, 1.82) is 0 Å². The van der Waals surface area contributed by atoms with Crippen molar-refractivity contribution in [2.24, 2.45) is 7.05 Å². The van der Waals surface area contributed by atoms with Gasteiger partial charge in [0.25, 0.3) is 5.78 Å². The normalized spacial score (nSPS) is 11.9. The van der Waals surface area contributed by atoms with Crippen LogP contribution in [0.3, 0.4) is 0 Å². The van der Waals surface area contributed by atoms with E-state index in [0.717, 1.165) is 28.2 Å². The van der Waals surface area contributed by atoms with Gasteiger partial charge >= 0.3 is 0 Å². The first kappa shape index (κ1) is 9.52. The lowest BCUT2D eigenvalue weighted by atomic mass is 10.2. The Morgan fingerprint density at radius 3 is 2.83 bits per heavy atom. The minimum atomic E-state index is 0.697. The van der Waals surface area contributed by atoms with E-state index in [1.807, 2.05) is 42.8 Å². The number of aromatic nitrogens is 6. The Morgan fingerprint density at radius 1 is 1.11 bits per heavy atom. The Kier molecular flexibility index (Phi) is 1.61. The van der Waals surface area contributed by atoms with Crippen LogP contribution in [0.15, 0.2) is 24.3 Å². The van der Waals surface area contributed by atoms with E-state index < -0.39 is 0 Å². The van der Waals surface area contributed by atoms with Gasteiger partial charge in [0, 0.05) is 12.4 Å². The van der Waals surface area contributed by atoms with Crippen molar-refractivity contribution in [2.75, 3.05) is 0 Å². The molecule has 0 N–H and O–H groups in total. The van der Waals surface area contributed by atoms with E-state index in [9.17, 15) is 0 Å². The first-order chi connectivity index (χ1) is 8.75. The molecule has 0 radical (unpaired) electrons. The molecule has 4 rings (SSSR count). The van der Waals surface area contributed by atoms with E-state index in [1.165, 1.54) is 0 Å². The number of aryl methyl sites for hydroxylation is 2. The third-order valence-corrected chi connectivity index (χ3v) is 3.20. The van der Waals surface area contributed by atoms with Gasteiger partial charge in [-0.05, 0) is 13.0 Å². The van der Waals surface area contributed by atoms with Crippen LogP contribution in [-0.4, -0.2) is 29.4 Å². The van der Waals surface area contributed by atoms with Crippen LogP contribution in [0.1, 0.15) is 5.82 Å². The van der Waals surface area contributed by atoms with Crippen LogP contribution in [0.5, 0.6) is 0 Å². The molecule has 1 aromatic carbocycles. The van der Waals surface area contributed by atoms with Gasteiger partial charge in [-0.25, -0.2) is 4.98 Å². The van der Waals surface area contributed by atoms with Gasteiger partial charge in [0.2, 0.25) is 0 Å². The molecule has 2 aliphatic heterocycles. The van der Waals surface area contributed by atoms with Crippen LogP contribution in [-0.2, 0) is 7.05 Å². The van der Waals surface area contributed by atoms with E-state index >= 15 is 0 Å². The van der Waals surface area contributed by atoms with E-state index in [-0.39, 0.29) is 0 Å². The van der Waals surface area contributed by atoms with Crippen LogP contribution in [0, 0.1) is 6.92 Å². The van der Waals surface area contributed by atoms with Crippen molar-refractivity contribution in [1.82, 2.24) is 29.4 Å². The molecule has 0 atom stereocenters. The fourth-order valence-electron chi connectivity index (χ4n) is 2.26. The molecule has 0 spiro atoms. The summed E-state index contributed by atoms with van der Waals surface area (Å²) < 4.78 is 3.67. The molecule has 18 heavy (non-hydrogen) atoms. The maximum atomic E-state index is 4.59. The lowest BCUT2D eigenvalue weighted by Gasteiger charge is -2.06. The predicted octanol–water partition coefficient (Wildman–Crippen LogP) is 1.42. The van der Waals surface area contributed by atoms with Crippen LogP contribution in [0.4, 0.5) is 0 Å². The fourth-order valence-corrected chi connectivity index (χ4v) is 2.26. The number of rotatable bonds is 0. The molecule has 2 aromatic rings. The average Bonchev–Trinajstić information content (AvgIpc) is 2.93. The quantitative estimate of drug-likeness (QED) is 0.465. The molecule has 0 saturated carbocycles. The smallest absolute Gasteiger partial charge is 0.253 e. The van der Waals surface area contributed by atoms with Gasteiger partial charge in [0.15, 0.2) is 11.6 Å². The summed E-state index contributed by atoms with van der Waals surface area (Å²) >= 11 is 0. The molecule has 0 fully saturated rings. The Hall–Kier alpha value is -2.50. The standard InChI is InChI=1S/C12H10N6/c1-7-14-15-12-17(2)11-10(16-18(7)12)8-5-3-4-6-9(8)13-11/h3-6H,1-2H3. The van der Waals surface area contributed by atoms with Gasteiger partial charge in [-0.1, -0.05) is 18.2 Å². The highest BCUT2D eigenvalue weighted by molar-refractivity contribution is 5.94. The molecule has 0 bridgehead atoms. The predicted molar refractivity (Wildman–Crippen MR) is 66.4 cm³/mol. The van der Waals surface area contributed by atoms with E-state index in [0.29, 0.717) is 5.78 Å². The lowest BCUT2D eigenvalue weighted by molar-refractivity contribution is 0.789. The third-order valence-electron chi connectivity index (χ3n) is 3.20. The van der Waals surface area contributed by atoms with Gasteiger partial charge in [-0.3, -0.25) is 4.57 Å². The topological polar surface area (TPSA) is 60.9 Å². The van der Waals surface area contributed by atoms with Crippen LogP contribution >= 0.6 is 0 Å². The summed E-state index contributed by atoms with van der Waals surface area (Å²) in [5, 5.41) is 13.8. The zero-order valence-electron chi connectivity index (χ0n) is 9.99. The molecule has 6 nitrogen and oxygen atoms in total. The van der Waals surface area contributed by atoms with Crippen LogP contribution in [0.2, 0.25) is 0 Å². The maximum Gasteiger partial charge on any atom is 0.253 e. The Labute approximate surface area is 102 Å². The van der Waals surface area contributed by atoms with Gasteiger partial charge in [-0.15, -0.1) is 10.2 Å². The van der Waals surface area contributed by atoms with E-state index in [2.05, 4.69) is 20.3 Å². The summed E-state index contributed by atoms with van der Waals surface area (Å²) in [4.78, 5) is 4.59. The van der Waals surface area contributed by atoms with Crippen molar-refractivity contribution in [3.63, 3.8) is 0 Å². The highest BCUT2D eigenvalue weighted by Crippen LogP contribution is 2.28. The average molecular weight is 238 g/mol. The second-order valence-corrected chi connectivity index (χ2v) is 4.32. The maximum absolute atomic E-state index is 4.59. The van der Waals surface area contributed by atoms with Gasteiger partial charge in [0.1, 0.15) is 5.69 Å². The largest absolute Gasteiger partial charge is 0.295 e. The number of para-hydroxylation sites is 1. The molecule has 88 valence electrons. The Balaban J connectivity index is 2.30. The second-order valence-electron chi connectivity index (χ2n) is 4.32. The van der Waals surface area contributed by atoms with Crippen molar-refractivity contribution >= 4 is 16.7 Å². The molecular formula is C12H10N6. The van der Waals surface area contributed by atoms with Crippen LogP contribution < -0.4 is 0 Å². The molecule has 3 heterocycles. The number of hydrogen-bond donors (Lipinski definition) is 0. The molecule has 1 aromatic heterocycles. The summed E-state index contributed by atoms with van der Waals surface area (Å²) in [6.45, 7) is 1.89. The Morgan fingerprint density at radius 2 is 1.94 bits per heavy atom. The molecule has 6 heteroatoms. The first-order valence-electron chi connectivity index (χ1n) is 5.69. The summed E-state index contributed by atoms with van der Waals surface area (Å²) in [7, 11) is 1.93. The summed E-state index contributed by atoms with van der Waals surface area (Å²) in [5.74, 6) is 2.30. The number of benzene rings is 1. The molecule has 0 amide bonds. The molecule has 0 saturated heterocycles. The summed E-state index contributed by atoms with van der Waals surface area (Å²) in [5.41, 5.74) is 1.83. The van der Waals surface area contributed by atoms with Gasteiger partial charge in [0.05, 0.1) is 5.52 Å². The summed E-state index contributed by atoms with van der Waals surface area (Å²) in [6.07, 6.45) is 0. The SMILES string of the molecule is Cc1nnc2n(C)c3nc4ccccc4c-3nn12. The number of nitrogens with zero attached hydrogens (tertiary/aromatic N) is 6. The second kappa shape index (κ2) is 3.04. The first-order valence-corrected chi connectivity index (χ1v) is 5.69. The van der Waals surface area contributed by atoms with Crippen molar-refractivity contribution in [2.45, 2.75) is 6.92 Å². The molecular weight excluding hydrogens is 228 g/mol. The van der Waals surface area contributed by atoms with Crippen molar-refractivity contribution < 1.29 is 0 Å². The minimum absolute atomic E-state index is 0.697. The highest BCUT2D eigenvalue weighted by Gasteiger charge is 2.19. The lowest BCUT2D eigenvalue weighted by Crippen LogP contribution is -2.08. The molecule has 0 aliphatic carbocycles. The number of fused-ring (bicyclic) bond motifs is 4. The van der Waals surface area contributed by atoms with Crippen molar-refractivity contribution in [3.8, 4) is 11.5 Å². The molecule has 0 unspecified atom stereocenters. The van der Waals surface area contributed by atoms with Gasteiger partial charge in [-0.2, -0.15) is 9.61 Å². The fraction of sp³-hybridized carbons (Fsp3) is 0.167. The third kappa shape index (κ3) is 1.02. The summed E-state index contributed by atoms with van der Waals surface area (Å²) in [6, 6.07) is 7.99. The Bertz CT molecular complexity index is 856. The highest BCUT2D eigenvalue weighted by atomic mass is 15.4. The zero-order valence-corrected chi connectivity index (χ0v) is 9.99. The number of hydrogen-bond acceptors (Lipinski definition) is 4. The molecule has 2 aliphatic rings. The van der Waals surface area contributed by atoms with E-state index in [1.54, 1.807) is 4.52 Å². The van der Waals surface area contributed by atoms with E-state index in [4.69, 9.17) is 0 Å². The zero-order chi connectivity index (χ0) is 12.3. The van der Waals surface area contributed by atoms with Gasteiger partial charge < -0.3 is 0 Å². The van der Waals surface area contributed by atoms with Crippen LogP contribution in [0.25, 0.3) is 28.2 Å².